The van der Waals surface area contributed by atoms with Crippen molar-refractivity contribution in [2.45, 2.75) is 25.7 Å². The molecule has 0 saturated heterocycles. The average molecular weight is 425 g/mol. The third-order valence-electron chi connectivity index (χ3n) is 4.28. The van der Waals surface area contributed by atoms with Crippen molar-refractivity contribution in [3.05, 3.63) is 83.4 Å². The van der Waals surface area contributed by atoms with Crippen LogP contribution in [0.4, 0.5) is 11.4 Å². The van der Waals surface area contributed by atoms with E-state index in [-0.39, 0.29) is 17.4 Å². The van der Waals surface area contributed by atoms with Crippen LogP contribution in [-0.2, 0) is 14.8 Å². The molecule has 3 aromatic carbocycles. The summed E-state index contributed by atoms with van der Waals surface area (Å²) in [5.74, 6) is 0.109. The molecule has 0 aliphatic rings. The van der Waals surface area contributed by atoms with Gasteiger partial charge in [0.05, 0.1) is 4.90 Å². The van der Waals surface area contributed by atoms with E-state index >= 15 is 0 Å². The Morgan fingerprint density at radius 1 is 0.833 bits per heavy atom. The van der Waals surface area contributed by atoms with Gasteiger partial charge in [-0.3, -0.25) is 9.52 Å². The van der Waals surface area contributed by atoms with Crippen LogP contribution in [0.1, 0.15) is 16.7 Å². The number of carbonyl (C=O) groups is 1. The van der Waals surface area contributed by atoms with Crippen molar-refractivity contribution in [2.24, 2.45) is 0 Å². The van der Waals surface area contributed by atoms with Gasteiger partial charge in [-0.25, -0.2) is 8.42 Å². The zero-order valence-electron chi connectivity index (χ0n) is 17.1. The molecule has 0 saturated carbocycles. The first kappa shape index (κ1) is 21.4. The van der Waals surface area contributed by atoms with E-state index in [0.29, 0.717) is 17.1 Å². The van der Waals surface area contributed by atoms with E-state index in [0.717, 1.165) is 16.7 Å². The Kier molecular flexibility index (Phi) is 6.42. The molecule has 0 fully saturated rings. The lowest BCUT2D eigenvalue weighted by atomic mass is 10.1. The molecule has 0 bridgehead atoms. The van der Waals surface area contributed by atoms with Crippen LogP contribution in [0.5, 0.6) is 5.75 Å². The monoisotopic (exact) mass is 424 g/mol. The average Bonchev–Trinajstić information content (AvgIpc) is 2.65. The Labute approximate surface area is 177 Å². The molecular formula is C23H24N2O4S. The standard InChI is InChI=1S/C23H24N2O4S/c1-16-5-4-6-19(12-16)25-30(27,28)22-9-7-21(8-10-22)29-15-23(26)24-20-13-17(2)11-18(3)14-20/h4-14,25H,15H2,1-3H3,(H,24,26). The fraction of sp³-hybridized carbons (Fsp3) is 0.174. The van der Waals surface area contributed by atoms with E-state index < -0.39 is 10.0 Å². The summed E-state index contributed by atoms with van der Waals surface area (Å²) in [6.45, 7) is 5.63. The van der Waals surface area contributed by atoms with E-state index in [1.54, 1.807) is 18.2 Å². The Morgan fingerprint density at radius 2 is 1.47 bits per heavy atom. The second kappa shape index (κ2) is 9.00. The van der Waals surface area contributed by atoms with E-state index in [2.05, 4.69) is 10.0 Å². The van der Waals surface area contributed by atoms with E-state index in [9.17, 15) is 13.2 Å². The van der Waals surface area contributed by atoms with Crippen LogP contribution in [0.25, 0.3) is 0 Å². The summed E-state index contributed by atoms with van der Waals surface area (Å²) in [7, 11) is -3.71. The maximum absolute atomic E-state index is 12.5. The normalized spacial score (nSPS) is 11.0. The predicted molar refractivity (Wildman–Crippen MR) is 118 cm³/mol. The molecule has 3 rings (SSSR count). The van der Waals surface area contributed by atoms with Crippen molar-refractivity contribution < 1.29 is 17.9 Å². The molecule has 1 amide bonds. The van der Waals surface area contributed by atoms with Gasteiger partial charge in [0, 0.05) is 11.4 Å². The lowest BCUT2D eigenvalue weighted by molar-refractivity contribution is -0.118. The largest absolute Gasteiger partial charge is 0.484 e. The third-order valence-corrected chi connectivity index (χ3v) is 5.68. The van der Waals surface area contributed by atoms with Crippen LogP contribution in [0.15, 0.2) is 71.6 Å². The first-order valence-corrected chi connectivity index (χ1v) is 10.9. The summed E-state index contributed by atoms with van der Waals surface area (Å²) in [5, 5.41) is 2.79. The molecule has 2 N–H and O–H groups in total. The summed E-state index contributed by atoms with van der Waals surface area (Å²) in [4.78, 5) is 12.2. The van der Waals surface area contributed by atoms with Gasteiger partial charge in [0.25, 0.3) is 15.9 Å². The number of amides is 1. The van der Waals surface area contributed by atoms with Crippen LogP contribution in [0.3, 0.4) is 0 Å². The number of anilines is 2. The number of hydrogen-bond acceptors (Lipinski definition) is 4. The van der Waals surface area contributed by atoms with Crippen LogP contribution in [0.2, 0.25) is 0 Å². The Balaban J connectivity index is 1.59. The number of sulfonamides is 1. The number of ether oxygens (including phenoxy) is 1. The van der Waals surface area contributed by atoms with Crippen LogP contribution in [0, 0.1) is 20.8 Å². The molecule has 0 spiro atoms. The number of hydrogen-bond donors (Lipinski definition) is 2. The maximum Gasteiger partial charge on any atom is 0.262 e. The number of nitrogens with one attached hydrogen (secondary N) is 2. The Bertz CT molecular complexity index is 1140. The molecule has 0 atom stereocenters. The quantitative estimate of drug-likeness (QED) is 0.588. The van der Waals surface area contributed by atoms with Gasteiger partial charge in [0.2, 0.25) is 0 Å². The molecule has 156 valence electrons. The summed E-state index contributed by atoms with van der Waals surface area (Å²) < 4.78 is 33.1. The van der Waals surface area contributed by atoms with Crippen LogP contribution < -0.4 is 14.8 Å². The highest BCUT2D eigenvalue weighted by Gasteiger charge is 2.14. The molecule has 7 heteroatoms. The highest BCUT2D eigenvalue weighted by Crippen LogP contribution is 2.20. The van der Waals surface area contributed by atoms with Gasteiger partial charge in [-0.15, -0.1) is 0 Å². The molecule has 6 nitrogen and oxygen atoms in total. The molecule has 0 unspecified atom stereocenters. The summed E-state index contributed by atoms with van der Waals surface area (Å²) >= 11 is 0. The third kappa shape index (κ3) is 5.84. The van der Waals surface area contributed by atoms with Crippen molar-refractivity contribution in [3.63, 3.8) is 0 Å². The van der Waals surface area contributed by atoms with E-state index in [1.165, 1.54) is 24.3 Å². The van der Waals surface area contributed by atoms with Crippen molar-refractivity contribution in [3.8, 4) is 5.75 Å². The molecule has 30 heavy (non-hydrogen) atoms. The second-order valence-electron chi connectivity index (χ2n) is 7.16. The summed E-state index contributed by atoms with van der Waals surface area (Å²) in [6, 6.07) is 18.8. The molecule has 0 aromatic heterocycles. The lowest BCUT2D eigenvalue weighted by Crippen LogP contribution is -2.20. The Morgan fingerprint density at radius 3 is 2.10 bits per heavy atom. The molecule has 0 aliphatic heterocycles. The van der Waals surface area contributed by atoms with Crippen molar-refractivity contribution in [1.82, 2.24) is 0 Å². The Hall–Kier alpha value is -3.32. The van der Waals surface area contributed by atoms with Crippen molar-refractivity contribution in [2.75, 3.05) is 16.6 Å². The van der Waals surface area contributed by atoms with Gasteiger partial charge in [0.1, 0.15) is 5.75 Å². The van der Waals surface area contributed by atoms with Gasteiger partial charge in [-0.1, -0.05) is 18.2 Å². The fourth-order valence-corrected chi connectivity index (χ4v) is 4.08. The first-order chi connectivity index (χ1) is 14.2. The highest BCUT2D eigenvalue weighted by atomic mass is 32.2. The topological polar surface area (TPSA) is 84.5 Å². The van der Waals surface area contributed by atoms with E-state index in [1.807, 2.05) is 45.0 Å². The lowest BCUT2D eigenvalue weighted by Gasteiger charge is -2.11. The van der Waals surface area contributed by atoms with Gasteiger partial charge in [-0.05, 0) is 86.0 Å². The molecule has 0 heterocycles. The highest BCUT2D eigenvalue weighted by molar-refractivity contribution is 7.92. The van der Waals surface area contributed by atoms with Crippen molar-refractivity contribution >= 4 is 27.3 Å². The SMILES string of the molecule is Cc1cc(C)cc(NC(=O)COc2ccc(S(=O)(=O)Nc3cccc(C)c3)cc2)c1. The zero-order chi connectivity index (χ0) is 21.7. The van der Waals surface area contributed by atoms with Crippen LogP contribution >= 0.6 is 0 Å². The minimum Gasteiger partial charge on any atom is -0.484 e. The smallest absolute Gasteiger partial charge is 0.262 e. The van der Waals surface area contributed by atoms with Gasteiger partial charge in [-0.2, -0.15) is 0 Å². The molecule has 0 aliphatic carbocycles. The first-order valence-electron chi connectivity index (χ1n) is 9.42. The predicted octanol–water partition coefficient (Wildman–Crippen LogP) is 4.43. The minimum atomic E-state index is -3.71. The summed E-state index contributed by atoms with van der Waals surface area (Å²) in [6.07, 6.45) is 0. The minimum absolute atomic E-state index is 0.107. The van der Waals surface area contributed by atoms with E-state index in [4.69, 9.17) is 4.74 Å². The zero-order valence-corrected chi connectivity index (χ0v) is 17.9. The molecular weight excluding hydrogens is 400 g/mol. The number of carbonyl (C=O) groups excluding carboxylic acids is 1. The van der Waals surface area contributed by atoms with Gasteiger partial charge in [0.15, 0.2) is 6.61 Å². The molecule has 0 radical (unpaired) electrons. The van der Waals surface area contributed by atoms with Crippen molar-refractivity contribution in [1.29, 1.82) is 0 Å². The number of aryl methyl sites for hydroxylation is 3. The number of benzene rings is 3. The summed E-state index contributed by atoms with van der Waals surface area (Å²) in [5.41, 5.74) is 4.28. The molecule has 3 aromatic rings. The fourth-order valence-electron chi connectivity index (χ4n) is 3.03. The number of rotatable bonds is 7. The second-order valence-corrected chi connectivity index (χ2v) is 8.84. The van der Waals surface area contributed by atoms with Gasteiger partial charge < -0.3 is 10.1 Å². The maximum atomic E-state index is 12.5. The van der Waals surface area contributed by atoms with Crippen LogP contribution in [-0.4, -0.2) is 20.9 Å². The van der Waals surface area contributed by atoms with Gasteiger partial charge >= 0.3 is 0 Å².